The number of halogens is 1. The lowest BCUT2D eigenvalue weighted by atomic mass is 10.2. The van der Waals surface area contributed by atoms with Crippen molar-refractivity contribution >= 4 is 11.5 Å². The molecule has 1 aromatic rings. The molecule has 0 radical (unpaired) electrons. The maximum absolute atomic E-state index is 13.2. The second-order valence-corrected chi connectivity index (χ2v) is 5.51. The number of nitrogens with zero attached hydrogens (tertiary/aromatic N) is 2. The molecule has 0 saturated carbocycles. The number of ether oxygens (including phenoxy) is 1. The SMILES string of the molecule is CN(C)CCOc1cccc(NC2(C)N=C(N)C(F)=CN2)c1. The Balaban J connectivity index is 2.01. The largest absolute Gasteiger partial charge is 0.492 e. The summed E-state index contributed by atoms with van der Waals surface area (Å²) in [5.41, 5.74) is 6.32. The van der Waals surface area contributed by atoms with Gasteiger partial charge < -0.3 is 26.0 Å². The number of rotatable bonds is 6. The van der Waals surface area contributed by atoms with E-state index < -0.39 is 11.6 Å². The summed E-state index contributed by atoms with van der Waals surface area (Å²) < 4.78 is 18.9. The maximum Gasteiger partial charge on any atom is 0.204 e. The summed E-state index contributed by atoms with van der Waals surface area (Å²) in [6.45, 7) is 3.20. The van der Waals surface area contributed by atoms with Gasteiger partial charge in [-0.2, -0.15) is 0 Å². The first-order valence-electron chi connectivity index (χ1n) is 7.03. The zero-order valence-electron chi connectivity index (χ0n) is 13.1. The number of aliphatic imine (C=N–C) groups is 1. The van der Waals surface area contributed by atoms with E-state index in [9.17, 15) is 4.39 Å². The normalized spacial score (nSPS) is 21.0. The highest BCUT2D eigenvalue weighted by atomic mass is 19.1. The third-order valence-electron chi connectivity index (χ3n) is 3.10. The summed E-state index contributed by atoms with van der Waals surface area (Å²) in [7, 11) is 3.98. The molecule has 22 heavy (non-hydrogen) atoms. The number of likely N-dealkylation sites (N-methyl/N-ethyl adjacent to an activating group) is 1. The van der Waals surface area contributed by atoms with Gasteiger partial charge in [0.05, 0.1) is 0 Å². The van der Waals surface area contributed by atoms with Gasteiger partial charge >= 0.3 is 0 Å². The molecule has 1 aliphatic rings. The second-order valence-electron chi connectivity index (χ2n) is 5.51. The maximum atomic E-state index is 13.2. The van der Waals surface area contributed by atoms with Gasteiger partial charge in [0.15, 0.2) is 11.7 Å². The Morgan fingerprint density at radius 2 is 2.23 bits per heavy atom. The quantitative estimate of drug-likeness (QED) is 0.742. The average Bonchev–Trinajstić information content (AvgIpc) is 2.43. The molecule has 1 aromatic carbocycles. The second kappa shape index (κ2) is 6.65. The van der Waals surface area contributed by atoms with E-state index >= 15 is 0 Å². The third kappa shape index (κ3) is 4.36. The number of nitrogens with one attached hydrogen (secondary N) is 2. The van der Waals surface area contributed by atoms with E-state index in [1.807, 2.05) is 43.3 Å². The lowest BCUT2D eigenvalue weighted by Gasteiger charge is -2.31. The van der Waals surface area contributed by atoms with Gasteiger partial charge in [0.2, 0.25) is 5.79 Å². The Morgan fingerprint density at radius 3 is 2.91 bits per heavy atom. The first-order chi connectivity index (χ1) is 10.4. The monoisotopic (exact) mass is 307 g/mol. The summed E-state index contributed by atoms with van der Waals surface area (Å²) in [6, 6.07) is 7.51. The van der Waals surface area contributed by atoms with Gasteiger partial charge in [-0.1, -0.05) is 6.07 Å². The highest BCUT2D eigenvalue weighted by molar-refractivity contribution is 5.95. The molecule has 120 valence electrons. The minimum Gasteiger partial charge on any atom is -0.492 e. The number of nitrogens with two attached hydrogens (primary N) is 1. The average molecular weight is 307 g/mol. The lowest BCUT2D eigenvalue weighted by molar-refractivity contribution is 0.261. The molecular formula is C15H22FN5O. The van der Waals surface area contributed by atoms with Crippen molar-refractivity contribution in [2.45, 2.75) is 12.7 Å². The molecule has 1 aliphatic heterocycles. The highest BCUT2D eigenvalue weighted by Gasteiger charge is 2.26. The zero-order valence-corrected chi connectivity index (χ0v) is 13.1. The molecule has 0 fully saturated rings. The van der Waals surface area contributed by atoms with E-state index in [0.29, 0.717) is 6.61 Å². The van der Waals surface area contributed by atoms with Crippen LogP contribution in [0.3, 0.4) is 0 Å². The molecule has 2 rings (SSSR count). The molecule has 0 spiro atoms. The van der Waals surface area contributed by atoms with Crippen molar-refractivity contribution in [3.63, 3.8) is 0 Å². The number of amidine groups is 1. The number of benzene rings is 1. The van der Waals surface area contributed by atoms with Gasteiger partial charge in [0.25, 0.3) is 0 Å². The zero-order chi connectivity index (χ0) is 16.2. The lowest BCUT2D eigenvalue weighted by Crippen LogP contribution is -2.49. The summed E-state index contributed by atoms with van der Waals surface area (Å²) in [6.07, 6.45) is 1.20. The van der Waals surface area contributed by atoms with Crippen molar-refractivity contribution in [1.82, 2.24) is 10.2 Å². The van der Waals surface area contributed by atoms with E-state index in [4.69, 9.17) is 10.5 Å². The summed E-state index contributed by atoms with van der Waals surface area (Å²) >= 11 is 0. The molecule has 0 saturated heterocycles. The number of anilines is 1. The molecule has 0 amide bonds. The van der Waals surface area contributed by atoms with E-state index in [0.717, 1.165) is 18.0 Å². The molecule has 6 nitrogen and oxygen atoms in total. The van der Waals surface area contributed by atoms with Crippen LogP contribution in [0.1, 0.15) is 6.92 Å². The summed E-state index contributed by atoms with van der Waals surface area (Å²) in [5, 5.41) is 6.01. The van der Waals surface area contributed by atoms with Crippen molar-refractivity contribution in [2.24, 2.45) is 10.7 Å². The van der Waals surface area contributed by atoms with Crippen LogP contribution in [0, 0.1) is 0 Å². The van der Waals surface area contributed by atoms with E-state index in [1.165, 1.54) is 6.20 Å². The molecule has 4 N–H and O–H groups in total. The Hall–Kier alpha value is -2.28. The van der Waals surface area contributed by atoms with E-state index in [-0.39, 0.29) is 5.84 Å². The van der Waals surface area contributed by atoms with Gasteiger partial charge in [-0.25, -0.2) is 9.38 Å². The molecule has 0 bridgehead atoms. The van der Waals surface area contributed by atoms with Crippen LogP contribution < -0.4 is 21.1 Å². The van der Waals surface area contributed by atoms with Crippen LogP contribution in [0.15, 0.2) is 41.3 Å². The smallest absolute Gasteiger partial charge is 0.204 e. The van der Waals surface area contributed by atoms with Crippen molar-refractivity contribution in [1.29, 1.82) is 0 Å². The van der Waals surface area contributed by atoms with Crippen molar-refractivity contribution in [3.8, 4) is 5.75 Å². The van der Waals surface area contributed by atoms with Gasteiger partial charge in [0.1, 0.15) is 12.4 Å². The van der Waals surface area contributed by atoms with E-state index in [2.05, 4.69) is 15.6 Å². The van der Waals surface area contributed by atoms with Crippen molar-refractivity contribution in [2.75, 3.05) is 32.6 Å². The van der Waals surface area contributed by atoms with Gasteiger partial charge in [-0.05, 0) is 33.2 Å². The van der Waals surface area contributed by atoms with Gasteiger partial charge in [-0.15, -0.1) is 0 Å². The molecule has 1 heterocycles. The molecule has 0 aliphatic carbocycles. The van der Waals surface area contributed by atoms with Crippen LogP contribution in [0.25, 0.3) is 0 Å². The summed E-state index contributed by atoms with van der Waals surface area (Å²) in [4.78, 5) is 6.14. The Morgan fingerprint density at radius 1 is 1.45 bits per heavy atom. The van der Waals surface area contributed by atoms with Crippen LogP contribution >= 0.6 is 0 Å². The minimum absolute atomic E-state index is 0.132. The minimum atomic E-state index is -0.901. The third-order valence-corrected chi connectivity index (χ3v) is 3.10. The fraction of sp³-hybridized carbons (Fsp3) is 0.400. The highest BCUT2D eigenvalue weighted by Crippen LogP contribution is 2.22. The van der Waals surface area contributed by atoms with Gasteiger partial charge in [-0.3, -0.25) is 0 Å². The van der Waals surface area contributed by atoms with Crippen LogP contribution in [-0.4, -0.2) is 43.8 Å². The Bertz CT molecular complexity index is 587. The fourth-order valence-electron chi connectivity index (χ4n) is 1.96. The molecule has 7 heteroatoms. The van der Waals surface area contributed by atoms with Crippen LogP contribution in [0.2, 0.25) is 0 Å². The Labute approximate surface area is 129 Å². The van der Waals surface area contributed by atoms with Crippen LogP contribution in [-0.2, 0) is 0 Å². The first kappa shape index (κ1) is 16.1. The van der Waals surface area contributed by atoms with Crippen LogP contribution in [0.5, 0.6) is 5.75 Å². The number of hydrogen-bond acceptors (Lipinski definition) is 6. The molecule has 1 unspecified atom stereocenters. The Kier molecular flexibility index (Phi) is 4.87. The van der Waals surface area contributed by atoms with E-state index in [1.54, 1.807) is 6.92 Å². The molecule has 0 aromatic heterocycles. The fourth-order valence-corrected chi connectivity index (χ4v) is 1.96. The topological polar surface area (TPSA) is 74.9 Å². The summed E-state index contributed by atoms with van der Waals surface area (Å²) in [5.74, 6) is -0.848. The first-order valence-corrected chi connectivity index (χ1v) is 7.03. The van der Waals surface area contributed by atoms with Gasteiger partial charge in [0, 0.05) is 24.5 Å². The predicted octanol–water partition coefficient (Wildman–Crippen LogP) is 1.48. The van der Waals surface area contributed by atoms with Crippen molar-refractivity contribution in [3.05, 3.63) is 36.3 Å². The molecular weight excluding hydrogens is 285 g/mol. The number of hydrogen-bond donors (Lipinski definition) is 3. The predicted molar refractivity (Wildman–Crippen MR) is 86.5 cm³/mol. The van der Waals surface area contributed by atoms with Crippen molar-refractivity contribution < 1.29 is 9.13 Å². The molecule has 1 atom stereocenters. The standard InChI is InChI=1S/C15H22FN5O/c1-15(18-10-13(16)14(17)20-15)19-11-5-4-6-12(9-11)22-8-7-21(2)3/h4-6,9-10,18-19H,7-8H2,1-3H3,(H2,17,20). The van der Waals surface area contributed by atoms with Crippen LogP contribution in [0.4, 0.5) is 10.1 Å².